The lowest BCUT2D eigenvalue weighted by Gasteiger charge is -2.02. The van der Waals surface area contributed by atoms with Gasteiger partial charge in [-0.15, -0.1) is 0 Å². The number of nitrogens with two attached hydrogens (primary N) is 1. The largest absolute Gasteiger partial charge is 0.348 e. The summed E-state index contributed by atoms with van der Waals surface area (Å²) < 4.78 is 2.09. The van der Waals surface area contributed by atoms with Gasteiger partial charge in [-0.2, -0.15) is 0 Å². The highest BCUT2D eigenvalue weighted by Crippen LogP contribution is 2.25. The molecule has 19 heavy (non-hydrogen) atoms. The Morgan fingerprint density at radius 1 is 1.37 bits per heavy atom. The Labute approximate surface area is 111 Å². The molecule has 3 aromatic rings. The molecule has 0 amide bonds. The van der Waals surface area contributed by atoms with Crippen LogP contribution in [-0.4, -0.2) is 26.1 Å². The van der Waals surface area contributed by atoms with Crippen LogP contribution in [0.4, 0.5) is 0 Å². The molecule has 3 rings (SSSR count). The van der Waals surface area contributed by atoms with Gasteiger partial charge in [0, 0.05) is 24.7 Å². The van der Waals surface area contributed by atoms with Crippen LogP contribution < -0.4 is 5.73 Å². The first-order valence-electron chi connectivity index (χ1n) is 6.36. The Bertz CT molecular complexity index is 723. The maximum Gasteiger partial charge on any atom is 0.106 e. The summed E-state index contributed by atoms with van der Waals surface area (Å²) in [5, 5.41) is 0. The minimum absolute atomic E-state index is 0.611. The summed E-state index contributed by atoms with van der Waals surface area (Å²) in [4.78, 5) is 12.1. The van der Waals surface area contributed by atoms with E-state index in [1.165, 1.54) is 0 Å². The van der Waals surface area contributed by atoms with Gasteiger partial charge in [-0.1, -0.05) is 6.07 Å². The molecule has 2 aromatic heterocycles. The molecule has 0 bridgehead atoms. The van der Waals surface area contributed by atoms with Crippen LogP contribution in [0.5, 0.6) is 0 Å². The van der Waals surface area contributed by atoms with E-state index in [4.69, 9.17) is 5.73 Å². The Morgan fingerprint density at radius 2 is 2.21 bits per heavy atom. The van der Waals surface area contributed by atoms with Crippen LogP contribution in [0.25, 0.3) is 22.3 Å². The van der Waals surface area contributed by atoms with E-state index in [2.05, 4.69) is 37.7 Å². The topological polar surface area (TPSA) is 72.5 Å². The molecule has 0 aliphatic carbocycles. The second-order valence-corrected chi connectivity index (χ2v) is 4.69. The molecule has 98 valence electrons. The molecule has 0 atom stereocenters. The van der Waals surface area contributed by atoms with E-state index < -0.39 is 0 Å². The number of H-pyrrole nitrogens is 1. The van der Waals surface area contributed by atoms with Crippen LogP contribution in [0.1, 0.15) is 11.5 Å². The Balaban J connectivity index is 2.12. The Hall–Kier alpha value is -2.14. The van der Waals surface area contributed by atoms with Gasteiger partial charge in [0.2, 0.25) is 0 Å². The van der Waals surface area contributed by atoms with Crippen molar-refractivity contribution >= 4 is 11.0 Å². The monoisotopic (exact) mass is 255 g/mol. The van der Waals surface area contributed by atoms with E-state index >= 15 is 0 Å². The van der Waals surface area contributed by atoms with Gasteiger partial charge in [-0.05, 0) is 25.6 Å². The van der Waals surface area contributed by atoms with Crippen LogP contribution in [0.15, 0.2) is 24.5 Å². The molecule has 0 fully saturated rings. The summed E-state index contributed by atoms with van der Waals surface area (Å²) in [6.45, 7) is 2.62. The maximum atomic E-state index is 5.62. The number of aromatic amines is 1. The van der Waals surface area contributed by atoms with Crippen LogP contribution in [0.2, 0.25) is 0 Å². The third kappa shape index (κ3) is 1.92. The molecule has 0 saturated carbocycles. The lowest BCUT2D eigenvalue weighted by atomic mass is 10.1. The minimum atomic E-state index is 0.611. The number of aryl methyl sites for hydroxylation is 2. The molecule has 5 heteroatoms. The Morgan fingerprint density at radius 3 is 3.00 bits per heavy atom. The van der Waals surface area contributed by atoms with E-state index in [0.29, 0.717) is 6.54 Å². The van der Waals surface area contributed by atoms with Gasteiger partial charge in [0.1, 0.15) is 5.82 Å². The number of nitrogens with one attached hydrogen (secondary N) is 1. The van der Waals surface area contributed by atoms with E-state index in [-0.39, 0.29) is 0 Å². The number of nitrogens with zero attached hydrogens (tertiary/aromatic N) is 3. The molecule has 5 nitrogen and oxygen atoms in total. The summed E-state index contributed by atoms with van der Waals surface area (Å²) in [5.74, 6) is 1.01. The van der Waals surface area contributed by atoms with Crippen molar-refractivity contribution in [3.63, 3.8) is 0 Å². The van der Waals surface area contributed by atoms with Crippen molar-refractivity contribution < 1.29 is 0 Å². The van der Waals surface area contributed by atoms with Gasteiger partial charge in [0.15, 0.2) is 0 Å². The van der Waals surface area contributed by atoms with Crippen LogP contribution in [-0.2, 0) is 13.5 Å². The Kier molecular flexibility index (Phi) is 2.83. The molecular weight excluding hydrogens is 238 g/mol. The summed E-state index contributed by atoms with van der Waals surface area (Å²) in [5.41, 5.74) is 10.9. The van der Waals surface area contributed by atoms with E-state index in [1.54, 1.807) is 6.33 Å². The number of imidazole rings is 2. The van der Waals surface area contributed by atoms with Crippen molar-refractivity contribution in [2.24, 2.45) is 12.8 Å². The molecule has 1 aromatic carbocycles. The lowest BCUT2D eigenvalue weighted by Crippen LogP contribution is -2.04. The molecule has 0 spiro atoms. The van der Waals surface area contributed by atoms with Crippen molar-refractivity contribution in [1.82, 2.24) is 19.5 Å². The molecule has 0 unspecified atom stereocenters. The van der Waals surface area contributed by atoms with Gasteiger partial charge in [0.05, 0.1) is 23.1 Å². The van der Waals surface area contributed by atoms with Crippen LogP contribution >= 0.6 is 0 Å². The number of benzene rings is 1. The molecule has 0 saturated heterocycles. The van der Waals surface area contributed by atoms with Crippen LogP contribution in [0.3, 0.4) is 0 Å². The number of aromatic nitrogens is 4. The smallest absolute Gasteiger partial charge is 0.106 e. The van der Waals surface area contributed by atoms with Gasteiger partial charge in [-0.3, -0.25) is 0 Å². The van der Waals surface area contributed by atoms with Gasteiger partial charge >= 0.3 is 0 Å². The van der Waals surface area contributed by atoms with Crippen LogP contribution in [0, 0.1) is 6.92 Å². The first-order valence-corrected chi connectivity index (χ1v) is 6.36. The molecular formula is C14H17N5. The first kappa shape index (κ1) is 11.9. The SMILES string of the molecule is Cc1nc2cc(-c3nc[nH]c3CCN)ccc2n1C. The van der Waals surface area contributed by atoms with Gasteiger partial charge < -0.3 is 15.3 Å². The highest BCUT2D eigenvalue weighted by molar-refractivity contribution is 5.82. The second-order valence-electron chi connectivity index (χ2n) is 4.69. The summed E-state index contributed by atoms with van der Waals surface area (Å²) in [7, 11) is 2.03. The lowest BCUT2D eigenvalue weighted by molar-refractivity contribution is 0.886. The van der Waals surface area contributed by atoms with E-state index in [0.717, 1.165) is 40.2 Å². The van der Waals surface area contributed by atoms with E-state index in [9.17, 15) is 0 Å². The zero-order valence-electron chi connectivity index (χ0n) is 11.1. The fraction of sp³-hybridized carbons (Fsp3) is 0.286. The molecule has 2 heterocycles. The highest BCUT2D eigenvalue weighted by atomic mass is 15.0. The zero-order chi connectivity index (χ0) is 13.4. The zero-order valence-corrected chi connectivity index (χ0v) is 11.1. The third-order valence-corrected chi connectivity index (χ3v) is 3.49. The first-order chi connectivity index (χ1) is 9.20. The summed E-state index contributed by atoms with van der Waals surface area (Å²) in [6, 6.07) is 6.25. The predicted molar refractivity (Wildman–Crippen MR) is 75.8 cm³/mol. The standard InChI is InChI=1S/C14H17N5/c1-9-18-12-7-10(3-4-13(12)19(9)2)14-11(5-6-15)16-8-17-14/h3-4,7-8H,5-6,15H2,1-2H3,(H,16,17). The van der Waals surface area contributed by atoms with Crippen molar-refractivity contribution in [1.29, 1.82) is 0 Å². The average molecular weight is 255 g/mol. The van der Waals surface area contributed by atoms with Crippen molar-refractivity contribution in [3.8, 4) is 11.3 Å². The second kappa shape index (κ2) is 4.51. The summed E-state index contributed by atoms with van der Waals surface area (Å²) in [6.07, 6.45) is 2.52. The molecule has 0 radical (unpaired) electrons. The summed E-state index contributed by atoms with van der Waals surface area (Å²) >= 11 is 0. The highest BCUT2D eigenvalue weighted by Gasteiger charge is 2.10. The number of fused-ring (bicyclic) bond motifs is 1. The van der Waals surface area contributed by atoms with Gasteiger partial charge in [-0.25, -0.2) is 9.97 Å². The average Bonchev–Trinajstić information content (AvgIpc) is 2.96. The van der Waals surface area contributed by atoms with E-state index in [1.807, 2.05) is 14.0 Å². The maximum absolute atomic E-state index is 5.62. The fourth-order valence-electron chi connectivity index (χ4n) is 2.37. The van der Waals surface area contributed by atoms with Crippen molar-refractivity contribution in [2.75, 3.05) is 6.54 Å². The predicted octanol–water partition coefficient (Wildman–Crippen LogP) is 1.77. The quantitative estimate of drug-likeness (QED) is 0.749. The number of rotatable bonds is 3. The molecule has 0 aliphatic rings. The molecule has 3 N–H and O–H groups in total. The fourth-order valence-corrected chi connectivity index (χ4v) is 2.37. The normalized spacial score (nSPS) is 11.3. The number of hydrogen-bond acceptors (Lipinski definition) is 3. The molecule has 0 aliphatic heterocycles. The van der Waals surface area contributed by atoms with Crippen molar-refractivity contribution in [2.45, 2.75) is 13.3 Å². The third-order valence-electron chi connectivity index (χ3n) is 3.49. The van der Waals surface area contributed by atoms with Gasteiger partial charge in [0.25, 0.3) is 0 Å². The van der Waals surface area contributed by atoms with Crippen molar-refractivity contribution in [3.05, 3.63) is 36.0 Å². The number of hydrogen-bond donors (Lipinski definition) is 2. The minimum Gasteiger partial charge on any atom is -0.348 e.